The van der Waals surface area contributed by atoms with Crippen molar-refractivity contribution in [1.29, 1.82) is 0 Å². The number of ether oxygens (including phenoxy) is 1. The molecule has 0 unspecified atom stereocenters. The second-order valence-electron chi connectivity index (χ2n) is 3.50. The molecule has 0 aliphatic heterocycles. The van der Waals surface area contributed by atoms with E-state index in [1.807, 2.05) is 43.4 Å². The first-order valence-electron chi connectivity index (χ1n) is 5.28. The van der Waals surface area contributed by atoms with Gasteiger partial charge in [-0.2, -0.15) is 0 Å². The molecule has 0 bridgehead atoms. The van der Waals surface area contributed by atoms with Crippen LogP contribution in [0.15, 0.2) is 47.1 Å². The zero-order chi connectivity index (χ0) is 11.2. The molecule has 16 heavy (non-hydrogen) atoms. The van der Waals surface area contributed by atoms with E-state index >= 15 is 0 Å². The van der Waals surface area contributed by atoms with Crippen LogP contribution in [0.4, 0.5) is 0 Å². The monoisotopic (exact) mass is 217 g/mol. The molecule has 84 valence electrons. The summed E-state index contributed by atoms with van der Waals surface area (Å²) in [6, 6.07) is 11.7. The van der Waals surface area contributed by atoms with Gasteiger partial charge in [-0.25, -0.2) is 0 Å². The van der Waals surface area contributed by atoms with Crippen molar-refractivity contribution in [2.45, 2.75) is 13.2 Å². The molecule has 0 saturated carbocycles. The van der Waals surface area contributed by atoms with Crippen LogP contribution in [0.1, 0.15) is 11.3 Å². The lowest BCUT2D eigenvalue weighted by atomic mass is 10.2. The van der Waals surface area contributed by atoms with Crippen molar-refractivity contribution in [2.75, 3.05) is 7.05 Å². The Balaban J connectivity index is 1.97. The second-order valence-corrected chi connectivity index (χ2v) is 3.50. The average molecular weight is 217 g/mol. The van der Waals surface area contributed by atoms with E-state index in [1.165, 1.54) is 0 Å². The summed E-state index contributed by atoms with van der Waals surface area (Å²) in [5.74, 6) is 1.73. The summed E-state index contributed by atoms with van der Waals surface area (Å²) >= 11 is 0. The number of hydrogen-bond donors (Lipinski definition) is 1. The first-order chi connectivity index (χ1) is 7.90. The number of hydrogen-bond acceptors (Lipinski definition) is 3. The maximum atomic E-state index is 5.62. The zero-order valence-corrected chi connectivity index (χ0v) is 9.27. The standard InChI is InChI=1S/C13H15NO2/c1-14-9-11-7-8-15-13(11)10-16-12-5-3-2-4-6-12/h2-8,14H,9-10H2,1H3. The van der Waals surface area contributed by atoms with Crippen molar-refractivity contribution in [1.82, 2.24) is 5.32 Å². The van der Waals surface area contributed by atoms with Crippen LogP contribution in [0.5, 0.6) is 5.75 Å². The fourth-order valence-electron chi connectivity index (χ4n) is 1.51. The number of para-hydroxylation sites is 1. The van der Waals surface area contributed by atoms with Gasteiger partial charge in [-0.1, -0.05) is 18.2 Å². The highest BCUT2D eigenvalue weighted by molar-refractivity contribution is 5.22. The molecule has 1 heterocycles. The van der Waals surface area contributed by atoms with Crippen LogP contribution in [0, 0.1) is 0 Å². The van der Waals surface area contributed by atoms with Crippen LogP contribution >= 0.6 is 0 Å². The maximum absolute atomic E-state index is 5.62. The lowest BCUT2D eigenvalue weighted by Crippen LogP contribution is -2.07. The molecule has 1 aromatic carbocycles. The van der Waals surface area contributed by atoms with Gasteiger partial charge < -0.3 is 14.5 Å². The quantitative estimate of drug-likeness (QED) is 0.835. The highest BCUT2D eigenvalue weighted by Gasteiger charge is 2.05. The van der Waals surface area contributed by atoms with Gasteiger partial charge in [0.2, 0.25) is 0 Å². The Hall–Kier alpha value is -1.74. The van der Waals surface area contributed by atoms with Gasteiger partial charge in [-0.05, 0) is 25.2 Å². The van der Waals surface area contributed by atoms with Crippen molar-refractivity contribution < 1.29 is 9.15 Å². The molecule has 0 fully saturated rings. The van der Waals surface area contributed by atoms with Crippen LogP contribution in [0.3, 0.4) is 0 Å². The van der Waals surface area contributed by atoms with E-state index < -0.39 is 0 Å². The molecule has 0 atom stereocenters. The van der Waals surface area contributed by atoms with Crippen LogP contribution in [0.2, 0.25) is 0 Å². The minimum atomic E-state index is 0.466. The zero-order valence-electron chi connectivity index (χ0n) is 9.27. The fraction of sp³-hybridized carbons (Fsp3) is 0.231. The van der Waals surface area contributed by atoms with Crippen LogP contribution in [-0.4, -0.2) is 7.05 Å². The predicted octanol–water partition coefficient (Wildman–Crippen LogP) is 2.58. The molecule has 0 amide bonds. The average Bonchev–Trinajstić information content (AvgIpc) is 2.76. The Labute approximate surface area is 95.0 Å². The van der Waals surface area contributed by atoms with Crippen LogP contribution < -0.4 is 10.1 Å². The number of nitrogens with one attached hydrogen (secondary N) is 1. The fourth-order valence-corrected chi connectivity index (χ4v) is 1.51. The Morgan fingerprint density at radius 2 is 2.00 bits per heavy atom. The van der Waals surface area contributed by atoms with Crippen molar-refractivity contribution in [3.05, 3.63) is 54.0 Å². The summed E-state index contributed by atoms with van der Waals surface area (Å²) < 4.78 is 11.0. The van der Waals surface area contributed by atoms with Crippen molar-refractivity contribution >= 4 is 0 Å². The number of rotatable bonds is 5. The van der Waals surface area contributed by atoms with Gasteiger partial charge >= 0.3 is 0 Å². The summed E-state index contributed by atoms with van der Waals surface area (Å²) in [4.78, 5) is 0. The summed E-state index contributed by atoms with van der Waals surface area (Å²) in [6.07, 6.45) is 1.69. The van der Waals surface area contributed by atoms with E-state index in [4.69, 9.17) is 9.15 Å². The molecule has 0 aliphatic carbocycles. The van der Waals surface area contributed by atoms with E-state index in [0.29, 0.717) is 6.61 Å². The molecule has 0 spiro atoms. The molecule has 2 aromatic rings. The van der Waals surface area contributed by atoms with Crippen molar-refractivity contribution in [3.8, 4) is 5.75 Å². The van der Waals surface area contributed by atoms with E-state index in [9.17, 15) is 0 Å². The van der Waals surface area contributed by atoms with Gasteiger partial charge in [-0.3, -0.25) is 0 Å². The Morgan fingerprint density at radius 3 is 2.75 bits per heavy atom. The molecular weight excluding hydrogens is 202 g/mol. The smallest absolute Gasteiger partial charge is 0.146 e. The molecule has 3 heteroatoms. The van der Waals surface area contributed by atoms with Crippen LogP contribution in [-0.2, 0) is 13.2 Å². The number of benzene rings is 1. The third kappa shape index (κ3) is 2.64. The molecule has 3 nitrogen and oxygen atoms in total. The molecule has 1 N–H and O–H groups in total. The minimum Gasteiger partial charge on any atom is -0.486 e. The topological polar surface area (TPSA) is 34.4 Å². The van der Waals surface area contributed by atoms with Gasteiger partial charge in [0.1, 0.15) is 18.1 Å². The molecular formula is C13H15NO2. The summed E-state index contributed by atoms with van der Waals surface area (Å²) in [5, 5.41) is 3.09. The lowest BCUT2D eigenvalue weighted by molar-refractivity contribution is 0.268. The highest BCUT2D eigenvalue weighted by atomic mass is 16.5. The molecule has 0 saturated heterocycles. The first-order valence-corrected chi connectivity index (χ1v) is 5.28. The molecule has 0 radical (unpaired) electrons. The third-order valence-corrected chi connectivity index (χ3v) is 2.32. The third-order valence-electron chi connectivity index (χ3n) is 2.32. The Morgan fingerprint density at radius 1 is 1.19 bits per heavy atom. The molecule has 0 aliphatic rings. The van der Waals surface area contributed by atoms with E-state index in [2.05, 4.69) is 5.32 Å². The first kappa shape index (κ1) is 10.8. The van der Waals surface area contributed by atoms with E-state index in [1.54, 1.807) is 6.26 Å². The Bertz CT molecular complexity index is 423. The summed E-state index contributed by atoms with van der Waals surface area (Å²) in [6.45, 7) is 1.26. The highest BCUT2D eigenvalue weighted by Crippen LogP contribution is 2.15. The van der Waals surface area contributed by atoms with Crippen molar-refractivity contribution in [2.24, 2.45) is 0 Å². The SMILES string of the molecule is CNCc1ccoc1COc1ccccc1. The van der Waals surface area contributed by atoms with Crippen molar-refractivity contribution in [3.63, 3.8) is 0 Å². The second kappa shape index (κ2) is 5.37. The lowest BCUT2D eigenvalue weighted by Gasteiger charge is -2.05. The maximum Gasteiger partial charge on any atom is 0.146 e. The normalized spacial score (nSPS) is 10.3. The van der Waals surface area contributed by atoms with Gasteiger partial charge in [0, 0.05) is 12.1 Å². The minimum absolute atomic E-state index is 0.466. The van der Waals surface area contributed by atoms with E-state index in [-0.39, 0.29) is 0 Å². The van der Waals surface area contributed by atoms with Gasteiger partial charge in [-0.15, -0.1) is 0 Å². The summed E-state index contributed by atoms with van der Waals surface area (Å²) in [5.41, 5.74) is 1.14. The Kier molecular flexibility index (Phi) is 3.62. The largest absolute Gasteiger partial charge is 0.486 e. The van der Waals surface area contributed by atoms with E-state index in [0.717, 1.165) is 23.6 Å². The molecule has 1 aromatic heterocycles. The summed E-state index contributed by atoms with van der Waals surface area (Å²) in [7, 11) is 1.91. The number of furan rings is 1. The van der Waals surface area contributed by atoms with Crippen LogP contribution in [0.25, 0.3) is 0 Å². The van der Waals surface area contributed by atoms with Gasteiger partial charge in [0.05, 0.1) is 6.26 Å². The molecule has 2 rings (SSSR count). The van der Waals surface area contributed by atoms with Gasteiger partial charge in [0.15, 0.2) is 0 Å². The predicted molar refractivity (Wildman–Crippen MR) is 62.2 cm³/mol. The van der Waals surface area contributed by atoms with Gasteiger partial charge in [0.25, 0.3) is 0 Å².